The van der Waals surface area contributed by atoms with Crippen LogP contribution in [-0.4, -0.2) is 17.6 Å². The first-order valence-electron chi connectivity index (χ1n) is 4.46. The van der Waals surface area contributed by atoms with Crippen LogP contribution >= 0.6 is 0 Å². The van der Waals surface area contributed by atoms with Gasteiger partial charge in [-0.25, -0.2) is 0 Å². The van der Waals surface area contributed by atoms with Gasteiger partial charge in [-0.3, -0.25) is 4.79 Å². The van der Waals surface area contributed by atoms with Gasteiger partial charge < -0.3 is 9.72 Å². The van der Waals surface area contributed by atoms with Gasteiger partial charge in [0, 0.05) is 19.3 Å². The van der Waals surface area contributed by atoms with E-state index in [1.807, 2.05) is 12.4 Å². The van der Waals surface area contributed by atoms with Crippen LogP contribution in [0.1, 0.15) is 24.5 Å². The highest BCUT2D eigenvalue weighted by molar-refractivity contribution is 5.65. The summed E-state index contributed by atoms with van der Waals surface area (Å²) in [7, 11) is 0. The maximum Gasteiger partial charge on any atom is 0.302 e. The Morgan fingerprint density at radius 2 is 2.31 bits per heavy atom. The van der Waals surface area contributed by atoms with E-state index in [1.54, 1.807) is 0 Å². The molecule has 0 saturated carbocycles. The van der Waals surface area contributed by atoms with E-state index in [2.05, 4.69) is 11.9 Å². The van der Waals surface area contributed by atoms with Gasteiger partial charge in [0.1, 0.15) is 0 Å². The van der Waals surface area contributed by atoms with Crippen molar-refractivity contribution < 1.29 is 9.53 Å². The van der Waals surface area contributed by atoms with Crippen molar-refractivity contribution in [1.82, 2.24) is 4.98 Å². The predicted octanol–water partition coefficient (Wildman–Crippen LogP) is 1.82. The van der Waals surface area contributed by atoms with Crippen molar-refractivity contribution in [3.05, 3.63) is 23.5 Å². The number of nitrogens with one attached hydrogen (secondary N) is 1. The molecule has 0 aromatic carbocycles. The molecule has 0 radical (unpaired) electrons. The minimum Gasteiger partial charge on any atom is -0.466 e. The van der Waals surface area contributed by atoms with Gasteiger partial charge in [0.2, 0.25) is 0 Å². The summed E-state index contributed by atoms with van der Waals surface area (Å²) >= 11 is 0. The molecule has 1 heterocycles. The Morgan fingerprint density at radius 1 is 1.54 bits per heavy atom. The number of rotatable bonds is 4. The van der Waals surface area contributed by atoms with E-state index in [0.717, 1.165) is 12.8 Å². The Hall–Kier alpha value is -1.25. The van der Waals surface area contributed by atoms with E-state index in [0.29, 0.717) is 6.61 Å². The van der Waals surface area contributed by atoms with Crippen molar-refractivity contribution >= 4 is 5.97 Å². The second kappa shape index (κ2) is 4.70. The van der Waals surface area contributed by atoms with Gasteiger partial charge in [-0.2, -0.15) is 0 Å². The quantitative estimate of drug-likeness (QED) is 0.568. The molecule has 0 spiro atoms. The van der Waals surface area contributed by atoms with Crippen molar-refractivity contribution in [3.63, 3.8) is 0 Å². The van der Waals surface area contributed by atoms with E-state index < -0.39 is 0 Å². The Bertz CT molecular complexity index is 278. The summed E-state index contributed by atoms with van der Waals surface area (Å²) in [5.74, 6) is -0.203. The van der Waals surface area contributed by atoms with Gasteiger partial charge >= 0.3 is 5.97 Å². The van der Waals surface area contributed by atoms with Gasteiger partial charge in [-0.1, -0.05) is 0 Å². The first kappa shape index (κ1) is 9.84. The fourth-order valence-electron chi connectivity index (χ4n) is 1.22. The third-order valence-electron chi connectivity index (χ3n) is 1.96. The Balaban J connectivity index is 2.20. The number of aromatic nitrogens is 1. The van der Waals surface area contributed by atoms with Crippen LogP contribution in [-0.2, 0) is 16.0 Å². The summed E-state index contributed by atoms with van der Waals surface area (Å²) in [5, 5.41) is 0. The molecule has 1 aromatic heterocycles. The number of esters is 1. The Morgan fingerprint density at radius 3 is 2.85 bits per heavy atom. The average Bonchev–Trinajstić information content (AvgIpc) is 2.45. The predicted molar refractivity (Wildman–Crippen MR) is 50.5 cm³/mol. The lowest BCUT2D eigenvalue weighted by Crippen LogP contribution is -2.01. The second-order valence-corrected chi connectivity index (χ2v) is 3.11. The van der Waals surface area contributed by atoms with E-state index in [-0.39, 0.29) is 5.97 Å². The zero-order chi connectivity index (χ0) is 9.68. The SMILES string of the molecule is CC(=O)OCCCc1c[nH]cc1C. The molecule has 72 valence electrons. The topological polar surface area (TPSA) is 42.1 Å². The fourth-order valence-corrected chi connectivity index (χ4v) is 1.22. The smallest absolute Gasteiger partial charge is 0.302 e. The maximum atomic E-state index is 10.4. The average molecular weight is 181 g/mol. The monoisotopic (exact) mass is 181 g/mol. The molecule has 3 nitrogen and oxygen atoms in total. The number of aromatic amines is 1. The molecular weight excluding hydrogens is 166 g/mol. The van der Waals surface area contributed by atoms with Gasteiger partial charge in [0.25, 0.3) is 0 Å². The third kappa shape index (κ3) is 3.32. The van der Waals surface area contributed by atoms with E-state index in [4.69, 9.17) is 4.74 Å². The van der Waals surface area contributed by atoms with Crippen molar-refractivity contribution in [2.75, 3.05) is 6.61 Å². The normalized spacial score (nSPS) is 10.0. The standard InChI is InChI=1S/C10H15NO2/c1-8-6-11-7-10(8)4-3-5-13-9(2)12/h6-7,11H,3-5H2,1-2H3. The highest BCUT2D eigenvalue weighted by Gasteiger charge is 1.99. The highest BCUT2D eigenvalue weighted by Crippen LogP contribution is 2.08. The van der Waals surface area contributed by atoms with Crippen LogP contribution in [0, 0.1) is 6.92 Å². The molecule has 0 bridgehead atoms. The molecule has 1 N–H and O–H groups in total. The van der Waals surface area contributed by atoms with E-state index >= 15 is 0 Å². The second-order valence-electron chi connectivity index (χ2n) is 3.11. The lowest BCUT2D eigenvalue weighted by atomic mass is 10.1. The van der Waals surface area contributed by atoms with Gasteiger partial charge in [-0.15, -0.1) is 0 Å². The molecule has 0 unspecified atom stereocenters. The Kier molecular flexibility index (Phi) is 3.55. The molecule has 3 heteroatoms. The summed E-state index contributed by atoms with van der Waals surface area (Å²) < 4.78 is 4.83. The number of carbonyl (C=O) groups excluding carboxylic acids is 1. The number of H-pyrrole nitrogens is 1. The Labute approximate surface area is 78.1 Å². The summed E-state index contributed by atoms with van der Waals surface area (Å²) in [6, 6.07) is 0. The molecule has 0 atom stereocenters. The zero-order valence-corrected chi connectivity index (χ0v) is 8.09. The van der Waals surface area contributed by atoms with Crippen LogP contribution in [0.15, 0.2) is 12.4 Å². The van der Waals surface area contributed by atoms with Crippen molar-refractivity contribution in [2.24, 2.45) is 0 Å². The van der Waals surface area contributed by atoms with Crippen LogP contribution in [0.2, 0.25) is 0 Å². The molecular formula is C10H15NO2. The van der Waals surface area contributed by atoms with Crippen molar-refractivity contribution in [2.45, 2.75) is 26.7 Å². The molecule has 0 aliphatic carbocycles. The minimum absolute atomic E-state index is 0.203. The number of hydrogen-bond donors (Lipinski definition) is 1. The number of ether oxygens (including phenoxy) is 1. The lowest BCUT2D eigenvalue weighted by molar-refractivity contribution is -0.141. The molecule has 0 fully saturated rings. The molecule has 13 heavy (non-hydrogen) atoms. The summed E-state index contributed by atoms with van der Waals surface area (Å²) in [6.45, 7) is 4.01. The third-order valence-corrected chi connectivity index (χ3v) is 1.96. The van der Waals surface area contributed by atoms with Crippen molar-refractivity contribution in [3.8, 4) is 0 Å². The first-order valence-corrected chi connectivity index (χ1v) is 4.46. The summed E-state index contributed by atoms with van der Waals surface area (Å²) in [4.78, 5) is 13.5. The molecule has 0 aliphatic rings. The lowest BCUT2D eigenvalue weighted by Gasteiger charge is -2.01. The van der Waals surface area contributed by atoms with Crippen LogP contribution in [0.4, 0.5) is 0 Å². The van der Waals surface area contributed by atoms with E-state index in [1.165, 1.54) is 18.1 Å². The summed E-state index contributed by atoms with van der Waals surface area (Å²) in [6.07, 6.45) is 5.81. The van der Waals surface area contributed by atoms with Crippen LogP contribution < -0.4 is 0 Å². The van der Waals surface area contributed by atoms with Crippen molar-refractivity contribution in [1.29, 1.82) is 0 Å². The van der Waals surface area contributed by atoms with Gasteiger partial charge in [0.15, 0.2) is 0 Å². The minimum atomic E-state index is -0.203. The molecule has 1 aromatic rings. The van der Waals surface area contributed by atoms with Crippen LogP contribution in [0.25, 0.3) is 0 Å². The fraction of sp³-hybridized carbons (Fsp3) is 0.500. The van der Waals surface area contributed by atoms with Gasteiger partial charge in [0.05, 0.1) is 6.61 Å². The largest absolute Gasteiger partial charge is 0.466 e. The zero-order valence-electron chi connectivity index (χ0n) is 8.09. The number of aryl methyl sites for hydroxylation is 2. The molecule has 1 rings (SSSR count). The van der Waals surface area contributed by atoms with E-state index in [9.17, 15) is 4.79 Å². The van der Waals surface area contributed by atoms with Crippen LogP contribution in [0.5, 0.6) is 0 Å². The summed E-state index contributed by atoms with van der Waals surface area (Å²) in [5.41, 5.74) is 2.56. The van der Waals surface area contributed by atoms with Crippen LogP contribution in [0.3, 0.4) is 0 Å². The highest BCUT2D eigenvalue weighted by atomic mass is 16.5. The molecule has 0 saturated heterocycles. The maximum absolute atomic E-state index is 10.4. The first-order chi connectivity index (χ1) is 6.20. The number of carbonyl (C=O) groups is 1. The number of hydrogen-bond acceptors (Lipinski definition) is 2. The molecule has 0 aliphatic heterocycles. The van der Waals surface area contributed by atoms with Gasteiger partial charge in [-0.05, 0) is 30.9 Å². The molecule has 0 amide bonds.